The highest BCUT2D eigenvalue weighted by atomic mass is 32.1. The second kappa shape index (κ2) is 9.54. The first kappa shape index (κ1) is 18.6. The van der Waals surface area contributed by atoms with Crippen molar-refractivity contribution in [2.24, 2.45) is 0 Å². The van der Waals surface area contributed by atoms with Crippen LogP contribution < -0.4 is 5.32 Å². The highest BCUT2D eigenvalue weighted by Gasteiger charge is 2.33. The average Bonchev–Trinajstić information content (AvgIpc) is 2.89. The average molecular weight is 313 g/mol. The highest BCUT2D eigenvalue weighted by molar-refractivity contribution is 7.11. The van der Waals surface area contributed by atoms with Crippen LogP contribution in [0.2, 0.25) is 0 Å². The summed E-state index contributed by atoms with van der Waals surface area (Å²) in [5.41, 5.74) is 1.08. The largest absolute Gasteiger partial charge is 0.368 e. The number of hydrogen-bond donors (Lipinski definition) is 1. The molecule has 122 valence electrons. The maximum atomic E-state index is 6.11. The van der Waals surface area contributed by atoms with Crippen molar-refractivity contribution in [2.45, 2.75) is 78.9 Å². The van der Waals surface area contributed by atoms with Crippen LogP contribution in [0.25, 0.3) is 0 Å². The second-order valence-electron chi connectivity index (χ2n) is 5.45. The van der Waals surface area contributed by atoms with Crippen LogP contribution in [-0.2, 0) is 23.3 Å². The lowest BCUT2D eigenvalue weighted by molar-refractivity contribution is -0.0507. The molecule has 1 rings (SSSR count). The fourth-order valence-electron chi connectivity index (χ4n) is 2.62. The van der Waals surface area contributed by atoms with Gasteiger partial charge in [-0.15, -0.1) is 11.3 Å². The summed E-state index contributed by atoms with van der Waals surface area (Å²) in [7, 11) is 0. The molecule has 0 aliphatic carbocycles. The first-order valence-corrected chi connectivity index (χ1v) is 9.32. The fraction of sp³-hybridized carbons (Fsp3) is 0.824. The summed E-state index contributed by atoms with van der Waals surface area (Å²) in [6.45, 7) is 13.7. The summed E-state index contributed by atoms with van der Waals surface area (Å²) < 4.78 is 6.11. The van der Waals surface area contributed by atoms with E-state index >= 15 is 0 Å². The van der Waals surface area contributed by atoms with Crippen LogP contribution >= 0.6 is 11.3 Å². The van der Waals surface area contributed by atoms with Crippen molar-refractivity contribution in [3.63, 3.8) is 0 Å². The predicted molar refractivity (Wildman–Crippen MR) is 92.0 cm³/mol. The molecular weight excluding hydrogens is 280 g/mol. The molecule has 0 atom stereocenters. The number of thiazole rings is 1. The van der Waals surface area contributed by atoms with Gasteiger partial charge in [-0.2, -0.15) is 0 Å². The smallest absolute Gasteiger partial charge is 0.125 e. The molecule has 0 fully saturated rings. The van der Waals surface area contributed by atoms with Gasteiger partial charge in [-0.1, -0.05) is 34.1 Å². The molecular formula is C17H32N2OS. The summed E-state index contributed by atoms with van der Waals surface area (Å²) in [5, 5.41) is 4.68. The number of ether oxygens (including phenoxy) is 1. The monoisotopic (exact) mass is 312 g/mol. The Balaban J connectivity index is 3.02. The van der Waals surface area contributed by atoms with Crippen LogP contribution in [0.5, 0.6) is 0 Å². The van der Waals surface area contributed by atoms with E-state index in [2.05, 4.69) is 39.9 Å². The molecule has 1 aromatic rings. The van der Waals surface area contributed by atoms with Gasteiger partial charge in [0, 0.05) is 18.0 Å². The van der Waals surface area contributed by atoms with E-state index in [-0.39, 0.29) is 5.60 Å². The Hall–Kier alpha value is -0.450. The van der Waals surface area contributed by atoms with Gasteiger partial charge in [-0.05, 0) is 39.2 Å². The molecule has 21 heavy (non-hydrogen) atoms. The van der Waals surface area contributed by atoms with Crippen LogP contribution in [-0.4, -0.2) is 18.1 Å². The van der Waals surface area contributed by atoms with Crippen molar-refractivity contribution >= 4 is 11.3 Å². The standard InChI is InChI=1S/C17H32N2OS/c1-6-11-14-15(13-18-12-7-2)21-16(19-14)17(8-3,9-4)20-10-5/h18H,6-13H2,1-5H3. The van der Waals surface area contributed by atoms with Crippen molar-refractivity contribution in [2.75, 3.05) is 13.2 Å². The van der Waals surface area contributed by atoms with Crippen molar-refractivity contribution < 1.29 is 4.74 Å². The van der Waals surface area contributed by atoms with Gasteiger partial charge in [0.05, 0.1) is 5.69 Å². The van der Waals surface area contributed by atoms with E-state index in [0.717, 1.165) is 45.4 Å². The molecule has 0 saturated heterocycles. The van der Waals surface area contributed by atoms with E-state index in [9.17, 15) is 0 Å². The van der Waals surface area contributed by atoms with E-state index in [4.69, 9.17) is 9.72 Å². The number of nitrogens with one attached hydrogen (secondary N) is 1. The summed E-state index contributed by atoms with van der Waals surface area (Å²) in [5.74, 6) is 0. The van der Waals surface area contributed by atoms with Gasteiger partial charge in [-0.25, -0.2) is 4.98 Å². The molecule has 0 aromatic carbocycles. The van der Waals surface area contributed by atoms with Crippen molar-refractivity contribution in [3.05, 3.63) is 15.6 Å². The normalized spacial score (nSPS) is 12.0. The maximum absolute atomic E-state index is 6.11. The Labute approximate surface area is 134 Å². The van der Waals surface area contributed by atoms with Gasteiger partial charge in [0.2, 0.25) is 0 Å². The van der Waals surface area contributed by atoms with Crippen LogP contribution in [0.15, 0.2) is 0 Å². The Kier molecular flexibility index (Phi) is 8.45. The van der Waals surface area contributed by atoms with Gasteiger partial charge in [0.15, 0.2) is 0 Å². The molecule has 0 radical (unpaired) electrons. The number of aryl methyl sites for hydroxylation is 1. The molecule has 1 aromatic heterocycles. The Bertz CT molecular complexity index is 399. The van der Waals surface area contributed by atoms with Crippen LogP contribution in [0.4, 0.5) is 0 Å². The fourth-order valence-corrected chi connectivity index (χ4v) is 3.98. The lowest BCUT2D eigenvalue weighted by atomic mass is 9.98. The van der Waals surface area contributed by atoms with Crippen molar-refractivity contribution in [1.82, 2.24) is 10.3 Å². The molecule has 0 amide bonds. The summed E-state index contributed by atoms with van der Waals surface area (Å²) in [6, 6.07) is 0. The van der Waals surface area contributed by atoms with E-state index < -0.39 is 0 Å². The molecule has 0 spiro atoms. The maximum Gasteiger partial charge on any atom is 0.125 e. The van der Waals surface area contributed by atoms with Gasteiger partial charge in [-0.3, -0.25) is 0 Å². The van der Waals surface area contributed by atoms with Crippen LogP contribution in [0.3, 0.4) is 0 Å². The number of nitrogens with zero attached hydrogens (tertiary/aromatic N) is 1. The minimum Gasteiger partial charge on any atom is -0.368 e. The predicted octanol–water partition coefficient (Wildman–Crippen LogP) is 4.65. The van der Waals surface area contributed by atoms with Crippen molar-refractivity contribution in [1.29, 1.82) is 0 Å². The van der Waals surface area contributed by atoms with E-state index in [0.29, 0.717) is 0 Å². The molecule has 1 heterocycles. The Morgan fingerprint density at radius 3 is 2.33 bits per heavy atom. The molecule has 3 nitrogen and oxygen atoms in total. The Morgan fingerprint density at radius 1 is 1.10 bits per heavy atom. The molecule has 0 saturated carbocycles. The first-order chi connectivity index (χ1) is 10.2. The van der Waals surface area contributed by atoms with Crippen LogP contribution in [0, 0.1) is 0 Å². The minimum absolute atomic E-state index is 0.190. The zero-order valence-corrected chi connectivity index (χ0v) is 15.2. The lowest BCUT2D eigenvalue weighted by Gasteiger charge is -2.29. The van der Waals surface area contributed by atoms with Gasteiger partial charge < -0.3 is 10.1 Å². The zero-order chi connectivity index (χ0) is 15.7. The Morgan fingerprint density at radius 2 is 1.81 bits per heavy atom. The van der Waals surface area contributed by atoms with Gasteiger partial charge in [0.25, 0.3) is 0 Å². The zero-order valence-electron chi connectivity index (χ0n) is 14.4. The third kappa shape index (κ3) is 4.76. The number of hydrogen-bond acceptors (Lipinski definition) is 4. The van der Waals surface area contributed by atoms with E-state index in [1.54, 1.807) is 0 Å². The lowest BCUT2D eigenvalue weighted by Crippen LogP contribution is -2.28. The summed E-state index contributed by atoms with van der Waals surface area (Å²) in [4.78, 5) is 6.36. The first-order valence-electron chi connectivity index (χ1n) is 8.51. The van der Waals surface area contributed by atoms with Gasteiger partial charge >= 0.3 is 0 Å². The minimum atomic E-state index is -0.190. The molecule has 4 heteroatoms. The summed E-state index contributed by atoms with van der Waals surface area (Å²) >= 11 is 1.85. The van der Waals surface area contributed by atoms with E-state index in [1.165, 1.54) is 22.0 Å². The topological polar surface area (TPSA) is 34.1 Å². The molecule has 1 N–H and O–H groups in total. The SMILES string of the molecule is CCCNCc1sc(C(CC)(CC)OCC)nc1CCC. The third-order valence-electron chi connectivity index (χ3n) is 3.93. The highest BCUT2D eigenvalue weighted by Crippen LogP contribution is 2.37. The third-order valence-corrected chi connectivity index (χ3v) is 5.21. The van der Waals surface area contributed by atoms with Gasteiger partial charge in [0.1, 0.15) is 10.6 Å². The molecule has 0 aliphatic heterocycles. The molecule has 0 unspecified atom stereocenters. The molecule has 0 aliphatic rings. The van der Waals surface area contributed by atoms with Crippen LogP contribution in [0.1, 0.15) is 75.9 Å². The summed E-state index contributed by atoms with van der Waals surface area (Å²) in [6.07, 6.45) is 5.34. The number of rotatable bonds is 11. The second-order valence-corrected chi connectivity index (χ2v) is 6.53. The van der Waals surface area contributed by atoms with E-state index in [1.807, 2.05) is 11.3 Å². The quantitative estimate of drug-likeness (QED) is 0.604. The number of aromatic nitrogens is 1. The molecule has 0 bridgehead atoms. The van der Waals surface area contributed by atoms with Crippen molar-refractivity contribution in [3.8, 4) is 0 Å².